The average Bonchev–Trinajstić information content (AvgIpc) is 3.29. The number of carbonyl (C=O) groups excluding carboxylic acids is 2. The molecule has 2 amide bonds. The van der Waals surface area contributed by atoms with Crippen molar-refractivity contribution in [2.45, 2.75) is 0 Å². The van der Waals surface area contributed by atoms with Gasteiger partial charge >= 0.3 is 0 Å². The van der Waals surface area contributed by atoms with Crippen LogP contribution in [0.1, 0.15) is 26.4 Å². The van der Waals surface area contributed by atoms with Crippen LogP contribution in [0.25, 0.3) is 11.5 Å². The summed E-state index contributed by atoms with van der Waals surface area (Å²) in [4.78, 5) is 23.0. The minimum Gasteiger partial charge on any atom is -0.461 e. The average molecular weight is 335 g/mol. The van der Waals surface area contributed by atoms with Gasteiger partial charge < -0.3 is 20.0 Å². The quantitative estimate of drug-likeness (QED) is 0.706. The maximum absolute atomic E-state index is 12.0. The molecule has 124 valence electrons. The van der Waals surface area contributed by atoms with Gasteiger partial charge in [-0.25, -0.2) is 0 Å². The Morgan fingerprint density at radius 3 is 2.64 bits per heavy atom. The van der Waals surface area contributed by atoms with Crippen LogP contribution in [0.5, 0.6) is 0 Å². The molecule has 2 aromatic heterocycles. The van der Waals surface area contributed by atoms with Crippen LogP contribution in [0.3, 0.4) is 0 Å². The molecule has 0 spiro atoms. The molecule has 0 atom stereocenters. The van der Waals surface area contributed by atoms with Crippen LogP contribution in [0.4, 0.5) is 0 Å². The lowest BCUT2D eigenvalue weighted by atomic mass is 10.1. The van der Waals surface area contributed by atoms with Crippen molar-refractivity contribution in [3.8, 4) is 23.4 Å². The van der Waals surface area contributed by atoms with Gasteiger partial charge in [-0.15, -0.1) is 0 Å². The van der Waals surface area contributed by atoms with Crippen LogP contribution >= 0.6 is 0 Å². The molecule has 2 heterocycles. The Kier molecular flexibility index (Phi) is 4.62. The lowest BCUT2D eigenvalue weighted by Crippen LogP contribution is -2.23. The summed E-state index contributed by atoms with van der Waals surface area (Å²) in [7, 11) is 0. The standard InChI is InChI=1S/C18H13N3O4/c19-17(22)13-7-5-12(6-8-13)3-1-9-20-18(23)14-11-16(25-21-14)15-4-2-10-24-15/h2,4-8,10-11H,9H2,(H2,19,22)(H,20,23). The summed E-state index contributed by atoms with van der Waals surface area (Å²) in [6, 6.07) is 11.5. The summed E-state index contributed by atoms with van der Waals surface area (Å²) in [6.07, 6.45) is 1.50. The first-order chi connectivity index (χ1) is 12.1. The molecule has 0 saturated carbocycles. The molecule has 0 bridgehead atoms. The van der Waals surface area contributed by atoms with Crippen molar-refractivity contribution in [1.82, 2.24) is 10.5 Å². The summed E-state index contributed by atoms with van der Waals surface area (Å²) >= 11 is 0. The largest absolute Gasteiger partial charge is 0.461 e. The van der Waals surface area contributed by atoms with Crippen LogP contribution < -0.4 is 11.1 Å². The fraction of sp³-hybridized carbons (Fsp3) is 0.0556. The van der Waals surface area contributed by atoms with E-state index in [1.165, 1.54) is 12.3 Å². The molecule has 0 aliphatic heterocycles. The fourth-order valence-electron chi connectivity index (χ4n) is 2.00. The first kappa shape index (κ1) is 16.1. The van der Waals surface area contributed by atoms with Crippen molar-refractivity contribution >= 4 is 11.8 Å². The monoisotopic (exact) mass is 335 g/mol. The van der Waals surface area contributed by atoms with Gasteiger partial charge in [-0.2, -0.15) is 0 Å². The van der Waals surface area contributed by atoms with Crippen LogP contribution in [0.2, 0.25) is 0 Å². The van der Waals surface area contributed by atoms with E-state index in [2.05, 4.69) is 22.3 Å². The summed E-state index contributed by atoms with van der Waals surface area (Å²) in [6.45, 7) is 0.138. The highest BCUT2D eigenvalue weighted by Crippen LogP contribution is 2.20. The van der Waals surface area contributed by atoms with Crippen molar-refractivity contribution < 1.29 is 18.5 Å². The number of nitrogens with one attached hydrogen (secondary N) is 1. The lowest BCUT2D eigenvalue weighted by Gasteiger charge is -1.96. The van der Waals surface area contributed by atoms with Crippen LogP contribution in [0, 0.1) is 11.8 Å². The predicted molar refractivity (Wildman–Crippen MR) is 88.4 cm³/mol. The molecule has 25 heavy (non-hydrogen) atoms. The third-order valence-electron chi connectivity index (χ3n) is 3.25. The van der Waals surface area contributed by atoms with E-state index in [0.717, 1.165) is 0 Å². The third-order valence-corrected chi connectivity index (χ3v) is 3.25. The Morgan fingerprint density at radius 2 is 1.96 bits per heavy atom. The van der Waals surface area contributed by atoms with Gasteiger partial charge in [0.15, 0.2) is 11.5 Å². The smallest absolute Gasteiger partial charge is 0.274 e. The zero-order chi connectivity index (χ0) is 17.6. The fourth-order valence-corrected chi connectivity index (χ4v) is 2.00. The molecule has 7 nitrogen and oxygen atoms in total. The number of primary amides is 1. The van der Waals surface area contributed by atoms with E-state index in [4.69, 9.17) is 14.7 Å². The van der Waals surface area contributed by atoms with Gasteiger partial charge in [0.25, 0.3) is 5.91 Å². The second kappa shape index (κ2) is 7.19. The Labute approximate surface area is 142 Å². The minimum atomic E-state index is -0.492. The van der Waals surface area contributed by atoms with Gasteiger partial charge in [-0.05, 0) is 36.4 Å². The third kappa shape index (κ3) is 3.95. The van der Waals surface area contributed by atoms with E-state index >= 15 is 0 Å². The SMILES string of the molecule is NC(=O)c1ccc(C#CCNC(=O)c2cc(-c3ccco3)on2)cc1. The Morgan fingerprint density at radius 1 is 1.16 bits per heavy atom. The molecular weight excluding hydrogens is 322 g/mol. The number of furan rings is 1. The molecule has 3 aromatic rings. The van der Waals surface area contributed by atoms with E-state index < -0.39 is 11.8 Å². The first-order valence-electron chi connectivity index (χ1n) is 7.31. The molecule has 3 N–H and O–H groups in total. The number of nitrogens with zero attached hydrogens (tertiary/aromatic N) is 1. The zero-order valence-corrected chi connectivity index (χ0v) is 13.0. The summed E-state index contributed by atoms with van der Waals surface area (Å²) in [5.74, 6) is 5.65. The van der Waals surface area contributed by atoms with Gasteiger partial charge in [0, 0.05) is 17.2 Å². The van der Waals surface area contributed by atoms with Crippen molar-refractivity contribution in [2.75, 3.05) is 6.54 Å². The number of aromatic nitrogens is 1. The van der Waals surface area contributed by atoms with E-state index in [1.807, 2.05) is 0 Å². The molecule has 0 unspecified atom stereocenters. The minimum absolute atomic E-state index is 0.138. The number of hydrogen-bond acceptors (Lipinski definition) is 5. The van der Waals surface area contributed by atoms with Crippen molar-refractivity contribution in [3.63, 3.8) is 0 Å². The Bertz CT molecular complexity index is 944. The van der Waals surface area contributed by atoms with Gasteiger partial charge in [-0.3, -0.25) is 9.59 Å². The summed E-state index contributed by atoms with van der Waals surface area (Å²) in [5, 5.41) is 6.31. The molecule has 1 aromatic carbocycles. The number of nitrogens with two attached hydrogens (primary N) is 1. The van der Waals surface area contributed by atoms with Gasteiger partial charge in [-0.1, -0.05) is 17.0 Å². The second-order valence-corrected chi connectivity index (χ2v) is 4.98. The highest BCUT2D eigenvalue weighted by Gasteiger charge is 2.14. The highest BCUT2D eigenvalue weighted by atomic mass is 16.5. The normalized spacial score (nSPS) is 9.92. The Balaban J connectivity index is 1.55. The molecular formula is C18H13N3O4. The van der Waals surface area contributed by atoms with Crippen LogP contribution in [-0.2, 0) is 0 Å². The predicted octanol–water partition coefficient (Wildman–Crippen LogP) is 1.81. The number of rotatable bonds is 4. The van der Waals surface area contributed by atoms with E-state index in [0.29, 0.717) is 22.6 Å². The molecule has 0 saturated heterocycles. The molecule has 0 aliphatic carbocycles. The van der Waals surface area contributed by atoms with Crippen LogP contribution in [-0.4, -0.2) is 23.5 Å². The van der Waals surface area contributed by atoms with E-state index in [-0.39, 0.29) is 12.2 Å². The van der Waals surface area contributed by atoms with Crippen molar-refractivity contribution in [1.29, 1.82) is 0 Å². The van der Waals surface area contributed by atoms with E-state index in [9.17, 15) is 9.59 Å². The molecule has 0 aliphatic rings. The van der Waals surface area contributed by atoms with E-state index in [1.54, 1.807) is 36.4 Å². The topological polar surface area (TPSA) is 111 Å². The second-order valence-electron chi connectivity index (χ2n) is 4.98. The molecule has 7 heteroatoms. The van der Waals surface area contributed by atoms with Crippen molar-refractivity contribution in [3.05, 3.63) is 65.5 Å². The first-order valence-corrected chi connectivity index (χ1v) is 7.31. The Hall–Kier alpha value is -3.79. The number of benzene rings is 1. The summed E-state index contributed by atoms with van der Waals surface area (Å²) in [5.41, 5.74) is 6.43. The van der Waals surface area contributed by atoms with Gasteiger partial charge in [0.05, 0.1) is 12.8 Å². The number of amides is 2. The molecule has 0 fully saturated rings. The molecule has 3 rings (SSSR count). The van der Waals surface area contributed by atoms with Crippen molar-refractivity contribution in [2.24, 2.45) is 5.73 Å². The summed E-state index contributed by atoms with van der Waals surface area (Å²) < 4.78 is 10.2. The van der Waals surface area contributed by atoms with Gasteiger partial charge in [0.2, 0.25) is 11.7 Å². The van der Waals surface area contributed by atoms with Crippen LogP contribution in [0.15, 0.2) is 57.7 Å². The molecule has 0 radical (unpaired) electrons. The maximum Gasteiger partial charge on any atom is 0.274 e. The number of carbonyl (C=O) groups is 2. The highest BCUT2D eigenvalue weighted by molar-refractivity contribution is 5.93. The lowest BCUT2D eigenvalue weighted by molar-refractivity contribution is 0.0948. The number of hydrogen-bond donors (Lipinski definition) is 2. The maximum atomic E-state index is 12.0. The van der Waals surface area contributed by atoms with Gasteiger partial charge in [0.1, 0.15) is 0 Å². The zero-order valence-electron chi connectivity index (χ0n) is 13.0.